The van der Waals surface area contributed by atoms with Crippen molar-refractivity contribution in [3.8, 4) is 0 Å². The molecule has 0 aromatic rings. The van der Waals surface area contributed by atoms with Crippen LogP contribution in [0.5, 0.6) is 0 Å². The quantitative estimate of drug-likeness (QED) is 0.187. The van der Waals surface area contributed by atoms with E-state index in [-0.39, 0.29) is 11.7 Å². The van der Waals surface area contributed by atoms with Gasteiger partial charge in [-0.05, 0) is 68.1 Å². The van der Waals surface area contributed by atoms with Gasteiger partial charge >= 0.3 is 11.9 Å². The largest absolute Gasteiger partial charge is 0.422 e. The highest BCUT2D eigenvalue weighted by atomic mass is 16.7. The van der Waals surface area contributed by atoms with Crippen LogP contribution in [-0.2, 0) is 28.5 Å². The summed E-state index contributed by atoms with van der Waals surface area (Å²) in [6, 6.07) is 0. The minimum Gasteiger partial charge on any atom is -0.422 e. The second-order valence-corrected chi connectivity index (χ2v) is 15.3. The van der Waals surface area contributed by atoms with Crippen molar-refractivity contribution >= 4 is 11.9 Å². The second kappa shape index (κ2) is 14.9. The van der Waals surface area contributed by atoms with Gasteiger partial charge in [0.1, 0.15) is 0 Å². The molecule has 0 saturated carbocycles. The summed E-state index contributed by atoms with van der Waals surface area (Å²) in [7, 11) is 0. The van der Waals surface area contributed by atoms with E-state index in [1.165, 1.54) is 19.3 Å². The summed E-state index contributed by atoms with van der Waals surface area (Å²) < 4.78 is 21.5. The highest BCUT2D eigenvalue weighted by Crippen LogP contribution is 2.37. The zero-order chi connectivity index (χ0) is 29.1. The zero-order valence-corrected chi connectivity index (χ0v) is 26.6. The molecule has 2 aliphatic rings. The third-order valence-electron chi connectivity index (χ3n) is 5.69. The maximum atomic E-state index is 12.0. The van der Waals surface area contributed by atoms with Gasteiger partial charge in [-0.2, -0.15) is 0 Å². The first kappa shape index (κ1) is 35.9. The van der Waals surface area contributed by atoms with Crippen LogP contribution in [0.25, 0.3) is 0 Å². The van der Waals surface area contributed by atoms with Crippen LogP contribution in [0.1, 0.15) is 141 Å². The summed E-state index contributed by atoms with van der Waals surface area (Å²) in [4.78, 5) is 23.9. The van der Waals surface area contributed by atoms with E-state index >= 15 is 0 Å². The van der Waals surface area contributed by atoms with Gasteiger partial charge in [0.05, 0.1) is 0 Å². The molecule has 0 bridgehead atoms. The molecule has 1 atom stereocenters. The fraction of sp³-hybridized carbons (Fsp3) is 0.935. The number of hydrogen-bond acceptors (Lipinski definition) is 6. The lowest BCUT2D eigenvalue weighted by molar-refractivity contribution is -0.250. The van der Waals surface area contributed by atoms with E-state index in [1.807, 2.05) is 0 Å². The lowest BCUT2D eigenvalue weighted by Crippen LogP contribution is -2.52. The molecule has 2 aliphatic heterocycles. The van der Waals surface area contributed by atoms with Gasteiger partial charge in [0.2, 0.25) is 0 Å². The predicted molar refractivity (Wildman–Crippen MR) is 151 cm³/mol. The number of ether oxygens (including phenoxy) is 4. The lowest BCUT2D eigenvalue weighted by atomic mass is 9.80. The van der Waals surface area contributed by atoms with Crippen LogP contribution in [0.2, 0.25) is 0 Å². The average molecular weight is 529 g/mol. The third-order valence-corrected chi connectivity index (χ3v) is 5.69. The van der Waals surface area contributed by atoms with E-state index < -0.39 is 23.1 Å². The Balaban J connectivity index is 0.000000605. The summed E-state index contributed by atoms with van der Waals surface area (Å²) in [5.74, 6) is -2.09. The van der Waals surface area contributed by atoms with Crippen LogP contribution >= 0.6 is 0 Å². The van der Waals surface area contributed by atoms with Gasteiger partial charge in [-0.15, -0.1) is 0 Å². The van der Waals surface area contributed by atoms with E-state index in [9.17, 15) is 9.59 Å². The van der Waals surface area contributed by atoms with Crippen molar-refractivity contribution in [1.29, 1.82) is 0 Å². The Hall–Kier alpha value is -1.14. The van der Waals surface area contributed by atoms with Crippen molar-refractivity contribution in [2.45, 2.75) is 153 Å². The fourth-order valence-electron chi connectivity index (χ4n) is 3.61. The number of cyclic esters (lactones) is 2. The van der Waals surface area contributed by atoms with E-state index in [1.54, 1.807) is 20.8 Å². The summed E-state index contributed by atoms with van der Waals surface area (Å²) >= 11 is 0. The molecule has 2 fully saturated rings. The Kier molecular flexibility index (Phi) is 14.4. The highest BCUT2D eigenvalue weighted by Gasteiger charge is 2.52. The maximum Gasteiger partial charge on any atom is 0.326 e. The molecular formula is C31H60O6. The van der Waals surface area contributed by atoms with Crippen molar-refractivity contribution in [3.63, 3.8) is 0 Å². The smallest absolute Gasteiger partial charge is 0.326 e. The first-order valence-electron chi connectivity index (χ1n) is 14.2. The molecule has 220 valence electrons. The number of carbonyl (C=O) groups is 2. The van der Waals surface area contributed by atoms with E-state index in [0.29, 0.717) is 17.3 Å². The lowest BCUT2D eigenvalue weighted by Gasteiger charge is -2.38. The summed E-state index contributed by atoms with van der Waals surface area (Å²) in [6.07, 6.45) is 8.20. The minimum absolute atomic E-state index is 0.0868. The van der Waals surface area contributed by atoms with Crippen LogP contribution < -0.4 is 0 Å². The first-order valence-corrected chi connectivity index (χ1v) is 14.2. The van der Waals surface area contributed by atoms with Gasteiger partial charge < -0.3 is 18.9 Å². The predicted octanol–water partition coefficient (Wildman–Crippen LogP) is 8.45. The van der Waals surface area contributed by atoms with Crippen LogP contribution in [-0.4, -0.2) is 37.2 Å². The van der Waals surface area contributed by atoms with Gasteiger partial charge in [0.15, 0.2) is 11.7 Å². The standard InChI is InChI=1S/C14H24O4.C12H24O2.C5H12/c1-12(2,3)8-7-9-14(6)10(15)17-13(4,5)18-11(14)16;1-12(2,3)8-6-10-14-11-7-4-5-9-13-11;1-5(2,3)4/h7-9H2,1-6H3;11H,4-10H2,1-3H3;1-4H3. The van der Waals surface area contributed by atoms with Gasteiger partial charge in [-0.25, -0.2) is 0 Å². The molecule has 0 aliphatic carbocycles. The second-order valence-electron chi connectivity index (χ2n) is 15.3. The van der Waals surface area contributed by atoms with Gasteiger partial charge in [0, 0.05) is 27.1 Å². The average Bonchev–Trinajstić information content (AvgIpc) is 2.68. The number of hydrogen-bond donors (Lipinski definition) is 0. The van der Waals surface area contributed by atoms with E-state index in [4.69, 9.17) is 18.9 Å². The third kappa shape index (κ3) is 18.7. The topological polar surface area (TPSA) is 71.1 Å². The molecule has 37 heavy (non-hydrogen) atoms. The number of rotatable bonds is 7. The van der Waals surface area contributed by atoms with E-state index in [2.05, 4.69) is 69.2 Å². The SMILES string of the molecule is CC(C)(C)C.CC(C)(C)CCCC1(C)C(=O)OC(C)(C)OC1=O.CC(C)(C)CCCOC1CCCCO1. The monoisotopic (exact) mass is 528 g/mol. The van der Waals surface area contributed by atoms with Crippen LogP contribution in [0.3, 0.4) is 0 Å². The van der Waals surface area contributed by atoms with E-state index in [0.717, 1.165) is 38.9 Å². The normalized spacial score (nSPS) is 21.5. The van der Waals surface area contributed by atoms with Crippen molar-refractivity contribution in [2.75, 3.05) is 13.2 Å². The fourth-order valence-corrected chi connectivity index (χ4v) is 3.61. The number of esters is 2. The Morgan fingerprint density at radius 2 is 1.24 bits per heavy atom. The minimum atomic E-state index is -1.15. The molecule has 1 unspecified atom stereocenters. The molecule has 2 rings (SSSR count). The molecule has 2 saturated heterocycles. The van der Waals surface area contributed by atoms with Crippen molar-refractivity contribution in [1.82, 2.24) is 0 Å². The van der Waals surface area contributed by atoms with Crippen molar-refractivity contribution in [3.05, 3.63) is 0 Å². The van der Waals surface area contributed by atoms with Gasteiger partial charge in [-0.3, -0.25) is 9.59 Å². The van der Waals surface area contributed by atoms with Crippen LogP contribution in [0.4, 0.5) is 0 Å². The molecule has 2 heterocycles. The van der Waals surface area contributed by atoms with Crippen LogP contribution in [0, 0.1) is 21.7 Å². The Morgan fingerprint density at radius 1 is 0.784 bits per heavy atom. The molecule has 0 radical (unpaired) electrons. The zero-order valence-electron chi connectivity index (χ0n) is 26.6. The van der Waals surface area contributed by atoms with Gasteiger partial charge in [-0.1, -0.05) is 75.7 Å². The first-order chi connectivity index (χ1) is 16.5. The van der Waals surface area contributed by atoms with Crippen LogP contribution in [0.15, 0.2) is 0 Å². The van der Waals surface area contributed by atoms with Crippen molar-refractivity contribution in [2.24, 2.45) is 21.7 Å². The molecule has 0 aromatic carbocycles. The molecular weight excluding hydrogens is 468 g/mol. The Morgan fingerprint density at radius 3 is 1.65 bits per heavy atom. The molecule has 0 N–H and O–H groups in total. The molecule has 0 spiro atoms. The summed E-state index contributed by atoms with van der Waals surface area (Å²) in [6.45, 7) is 28.4. The maximum absolute atomic E-state index is 12.0. The Bertz CT molecular complexity index is 643. The summed E-state index contributed by atoms with van der Waals surface area (Å²) in [5.41, 5.74) is -0.0321. The molecule has 6 heteroatoms. The molecule has 6 nitrogen and oxygen atoms in total. The Labute approximate surface area is 228 Å². The number of carbonyl (C=O) groups excluding carboxylic acids is 2. The molecule has 0 aromatic heterocycles. The summed E-state index contributed by atoms with van der Waals surface area (Å²) in [5, 5.41) is 0. The van der Waals surface area contributed by atoms with Gasteiger partial charge in [0.25, 0.3) is 5.79 Å². The molecule has 0 amide bonds. The van der Waals surface area contributed by atoms with Crippen molar-refractivity contribution < 1.29 is 28.5 Å². The highest BCUT2D eigenvalue weighted by molar-refractivity contribution is 6.01.